The van der Waals surface area contributed by atoms with Gasteiger partial charge in [0.05, 0.1) is 16.1 Å². The fraction of sp³-hybridized carbons (Fsp3) is 0.0526. The predicted octanol–water partition coefficient (Wildman–Crippen LogP) is 4.76. The average Bonchev–Trinajstić information content (AvgIpc) is 2.61. The third-order valence-corrected chi connectivity index (χ3v) is 4.03. The number of aryl methyl sites for hydroxylation is 1. The fourth-order valence-electron chi connectivity index (χ4n) is 2.47. The molecule has 3 aromatic rings. The van der Waals surface area contributed by atoms with Crippen molar-refractivity contribution in [3.05, 3.63) is 81.0 Å². The summed E-state index contributed by atoms with van der Waals surface area (Å²) in [5.74, 6) is -0.363. The first-order valence-corrected chi connectivity index (χ1v) is 8.11. The lowest BCUT2D eigenvalue weighted by Gasteiger charge is -2.07. The van der Waals surface area contributed by atoms with Gasteiger partial charge in [0.15, 0.2) is 0 Å². The lowest BCUT2D eigenvalue weighted by atomic mass is 10.1. The van der Waals surface area contributed by atoms with Crippen LogP contribution in [0.15, 0.2) is 54.6 Å². The molecule has 0 saturated heterocycles. The minimum absolute atomic E-state index is 0.0498. The standard InChI is InChI=1S/C19H14ClN3O3/c1-12-5-8-14-3-2-4-16(19(14)21-12)22-18(24)10-7-13-6-9-15(20)17(11-13)23(25)26/h2-11H,1H3,(H,22,24)/b10-7+. The van der Waals surface area contributed by atoms with Crippen LogP contribution in [0, 0.1) is 17.0 Å². The summed E-state index contributed by atoms with van der Waals surface area (Å²) in [6, 6.07) is 13.7. The second-order valence-corrected chi connectivity index (χ2v) is 6.03. The largest absolute Gasteiger partial charge is 0.321 e. The number of aromatic nitrogens is 1. The molecule has 1 amide bonds. The van der Waals surface area contributed by atoms with Crippen LogP contribution in [0.3, 0.4) is 0 Å². The fourth-order valence-corrected chi connectivity index (χ4v) is 2.65. The SMILES string of the molecule is Cc1ccc2cccc(NC(=O)/C=C/c3ccc(Cl)c([N+](=O)[O-])c3)c2n1. The Labute approximate surface area is 154 Å². The van der Waals surface area contributed by atoms with Gasteiger partial charge in [-0.15, -0.1) is 0 Å². The molecular weight excluding hydrogens is 354 g/mol. The first kappa shape index (κ1) is 17.6. The van der Waals surface area contributed by atoms with Crippen molar-refractivity contribution in [2.24, 2.45) is 0 Å². The number of carbonyl (C=O) groups is 1. The Hall–Kier alpha value is -3.25. The van der Waals surface area contributed by atoms with Crippen molar-refractivity contribution in [1.29, 1.82) is 0 Å². The maximum absolute atomic E-state index is 12.2. The molecular formula is C19H14ClN3O3. The van der Waals surface area contributed by atoms with Crippen LogP contribution in [0.5, 0.6) is 0 Å². The molecule has 0 fully saturated rings. The molecule has 130 valence electrons. The van der Waals surface area contributed by atoms with E-state index in [4.69, 9.17) is 11.6 Å². The Morgan fingerprint density at radius 2 is 2.04 bits per heavy atom. The van der Waals surface area contributed by atoms with Gasteiger partial charge in [0.1, 0.15) is 5.02 Å². The maximum atomic E-state index is 12.2. The molecule has 0 aliphatic carbocycles. The van der Waals surface area contributed by atoms with Gasteiger partial charge in [0, 0.05) is 23.2 Å². The third-order valence-electron chi connectivity index (χ3n) is 3.71. The molecule has 1 N–H and O–H groups in total. The van der Waals surface area contributed by atoms with Crippen molar-refractivity contribution in [2.75, 3.05) is 5.32 Å². The van der Waals surface area contributed by atoms with Crippen LogP contribution in [-0.4, -0.2) is 15.8 Å². The zero-order valence-corrected chi connectivity index (χ0v) is 14.5. The first-order chi connectivity index (χ1) is 12.4. The Kier molecular flexibility index (Phi) is 4.95. The third kappa shape index (κ3) is 3.87. The summed E-state index contributed by atoms with van der Waals surface area (Å²) in [7, 11) is 0. The van der Waals surface area contributed by atoms with Crippen LogP contribution in [0.4, 0.5) is 11.4 Å². The lowest BCUT2D eigenvalue weighted by molar-refractivity contribution is -0.384. The number of benzene rings is 2. The minimum Gasteiger partial charge on any atom is -0.321 e. The predicted molar refractivity (Wildman–Crippen MR) is 102 cm³/mol. The number of nitro benzene ring substituents is 1. The Morgan fingerprint density at radius 3 is 2.81 bits per heavy atom. The smallest absolute Gasteiger partial charge is 0.288 e. The summed E-state index contributed by atoms with van der Waals surface area (Å²) < 4.78 is 0. The quantitative estimate of drug-likeness (QED) is 0.409. The lowest BCUT2D eigenvalue weighted by Crippen LogP contribution is -2.08. The van der Waals surface area contributed by atoms with Crippen molar-refractivity contribution >= 4 is 45.9 Å². The number of carbonyl (C=O) groups excluding carboxylic acids is 1. The number of rotatable bonds is 4. The molecule has 2 aromatic carbocycles. The number of para-hydroxylation sites is 1. The zero-order chi connectivity index (χ0) is 18.7. The van der Waals surface area contributed by atoms with Crippen LogP contribution in [0.1, 0.15) is 11.3 Å². The van der Waals surface area contributed by atoms with E-state index in [1.54, 1.807) is 12.1 Å². The Morgan fingerprint density at radius 1 is 1.23 bits per heavy atom. The summed E-state index contributed by atoms with van der Waals surface area (Å²) in [4.78, 5) is 27.0. The van der Waals surface area contributed by atoms with Crippen LogP contribution in [0.25, 0.3) is 17.0 Å². The van der Waals surface area contributed by atoms with Crippen molar-refractivity contribution in [1.82, 2.24) is 4.98 Å². The number of amides is 1. The van der Waals surface area contributed by atoms with Gasteiger partial charge >= 0.3 is 0 Å². The molecule has 0 aliphatic heterocycles. The number of nitrogens with one attached hydrogen (secondary N) is 1. The molecule has 0 aliphatic rings. The minimum atomic E-state index is -0.566. The Balaban J connectivity index is 1.81. The number of hydrogen-bond acceptors (Lipinski definition) is 4. The van der Waals surface area contributed by atoms with Crippen LogP contribution in [-0.2, 0) is 4.79 Å². The van der Waals surface area contributed by atoms with Crippen molar-refractivity contribution in [2.45, 2.75) is 6.92 Å². The molecule has 7 heteroatoms. The van der Waals surface area contributed by atoms with E-state index >= 15 is 0 Å². The van der Waals surface area contributed by atoms with E-state index in [0.717, 1.165) is 11.1 Å². The van der Waals surface area contributed by atoms with Crippen LogP contribution >= 0.6 is 11.6 Å². The average molecular weight is 368 g/mol. The molecule has 1 aromatic heterocycles. The van der Waals surface area contributed by atoms with Gasteiger partial charge in [-0.3, -0.25) is 19.9 Å². The second-order valence-electron chi connectivity index (χ2n) is 5.62. The van der Waals surface area contributed by atoms with E-state index in [-0.39, 0.29) is 16.6 Å². The normalized spacial score (nSPS) is 11.0. The highest BCUT2D eigenvalue weighted by Gasteiger charge is 2.12. The monoisotopic (exact) mass is 367 g/mol. The van der Waals surface area contributed by atoms with Crippen molar-refractivity contribution in [3.8, 4) is 0 Å². The van der Waals surface area contributed by atoms with E-state index in [0.29, 0.717) is 16.8 Å². The summed E-state index contributed by atoms with van der Waals surface area (Å²) in [6.07, 6.45) is 2.80. The van der Waals surface area contributed by atoms with Crippen molar-refractivity contribution in [3.63, 3.8) is 0 Å². The number of fused-ring (bicyclic) bond motifs is 1. The van der Waals surface area contributed by atoms with Gasteiger partial charge in [-0.05, 0) is 36.8 Å². The molecule has 0 bridgehead atoms. The molecule has 0 unspecified atom stereocenters. The second kappa shape index (κ2) is 7.33. The van der Waals surface area contributed by atoms with Crippen LogP contribution < -0.4 is 5.32 Å². The molecule has 0 atom stereocenters. The van der Waals surface area contributed by atoms with E-state index in [2.05, 4.69) is 10.3 Å². The highest BCUT2D eigenvalue weighted by molar-refractivity contribution is 6.32. The van der Waals surface area contributed by atoms with Crippen molar-refractivity contribution < 1.29 is 9.72 Å². The Bertz CT molecular complexity index is 1050. The van der Waals surface area contributed by atoms with Gasteiger partial charge in [-0.25, -0.2) is 0 Å². The summed E-state index contributed by atoms with van der Waals surface area (Å²) in [5.41, 5.74) is 2.45. The first-order valence-electron chi connectivity index (χ1n) is 7.73. The molecule has 1 heterocycles. The zero-order valence-electron chi connectivity index (χ0n) is 13.8. The van der Waals surface area contributed by atoms with Gasteiger partial charge in [-0.1, -0.05) is 35.9 Å². The highest BCUT2D eigenvalue weighted by atomic mass is 35.5. The number of anilines is 1. The molecule has 26 heavy (non-hydrogen) atoms. The number of hydrogen-bond donors (Lipinski definition) is 1. The van der Waals surface area contributed by atoms with E-state index < -0.39 is 4.92 Å². The number of pyridine rings is 1. The number of halogens is 1. The topological polar surface area (TPSA) is 85.1 Å². The molecule has 0 spiro atoms. The molecule has 6 nitrogen and oxygen atoms in total. The summed E-state index contributed by atoms with van der Waals surface area (Å²) in [6.45, 7) is 1.88. The van der Waals surface area contributed by atoms with Gasteiger partial charge < -0.3 is 5.32 Å². The van der Waals surface area contributed by atoms with E-state index in [1.807, 2.05) is 31.2 Å². The van der Waals surface area contributed by atoms with Gasteiger partial charge in [0.25, 0.3) is 5.69 Å². The van der Waals surface area contributed by atoms with E-state index in [9.17, 15) is 14.9 Å². The molecule has 0 saturated carbocycles. The van der Waals surface area contributed by atoms with Gasteiger partial charge in [0.2, 0.25) is 5.91 Å². The van der Waals surface area contributed by atoms with E-state index in [1.165, 1.54) is 24.3 Å². The van der Waals surface area contributed by atoms with Crippen LogP contribution in [0.2, 0.25) is 5.02 Å². The molecule has 3 rings (SSSR count). The highest BCUT2D eigenvalue weighted by Crippen LogP contribution is 2.26. The maximum Gasteiger partial charge on any atom is 0.288 e. The summed E-state index contributed by atoms with van der Waals surface area (Å²) in [5, 5.41) is 14.7. The molecule has 0 radical (unpaired) electrons. The number of nitrogens with zero attached hydrogens (tertiary/aromatic N) is 2. The van der Waals surface area contributed by atoms with Gasteiger partial charge in [-0.2, -0.15) is 0 Å². The number of nitro groups is 1. The summed E-state index contributed by atoms with van der Waals surface area (Å²) >= 11 is 5.78.